The summed E-state index contributed by atoms with van der Waals surface area (Å²) in [5, 5.41) is 9.94. The molecule has 1 aromatic carbocycles. The number of hydrogen-bond donors (Lipinski definition) is 3. The van der Waals surface area contributed by atoms with Crippen molar-refractivity contribution >= 4 is 11.4 Å². The molecule has 0 spiro atoms. The molecule has 16 heavy (non-hydrogen) atoms. The van der Waals surface area contributed by atoms with Gasteiger partial charge in [0, 0.05) is 0 Å². The number of aromatic nitrogens is 3. The molecule has 1 unspecified atom stereocenters. The summed E-state index contributed by atoms with van der Waals surface area (Å²) in [4.78, 5) is 4.09. The Morgan fingerprint density at radius 2 is 2.25 bits per heavy atom. The molecule has 0 aliphatic heterocycles. The van der Waals surface area contributed by atoms with Crippen LogP contribution >= 0.6 is 0 Å². The van der Waals surface area contributed by atoms with Gasteiger partial charge in [0.25, 0.3) is 0 Å². The lowest BCUT2D eigenvalue weighted by Gasteiger charge is -2.15. The molecular weight excluding hydrogens is 202 g/mol. The second kappa shape index (κ2) is 4.22. The van der Waals surface area contributed by atoms with E-state index in [1.807, 2.05) is 32.0 Å². The number of benzene rings is 1. The van der Waals surface area contributed by atoms with Gasteiger partial charge in [-0.3, -0.25) is 5.10 Å². The third-order valence-corrected chi connectivity index (χ3v) is 2.54. The third kappa shape index (κ3) is 1.98. The van der Waals surface area contributed by atoms with Gasteiger partial charge in [0.15, 0.2) is 0 Å². The van der Waals surface area contributed by atoms with Crippen molar-refractivity contribution in [3.8, 4) is 0 Å². The topological polar surface area (TPSA) is 79.6 Å². The number of hydrogen-bond acceptors (Lipinski definition) is 4. The summed E-state index contributed by atoms with van der Waals surface area (Å²) in [6, 6.07) is 5.96. The summed E-state index contributed by atoms with van der Waals surface area (Å²) in [6.07, 6.45) is 1.49. The van der Waals surface area contributed by atoms with Crippen molar-refractivity contribution in [1.82, 2.24) is 15.2 Å². The molecule has 1 heterocycles. The van der Waals surface area contributed by atoms with Gasteiger partial charge in [-0.2, -0.15) is 5.10 Å². The zero-order valence-corrected chi connectivity index (χ0v) is 9.36. The van der Waals surface area contributed by atoms with Crippen LogP contribution in [0.4, 0.5) is 11.4 Å². The molecule has 0 aliphatic carbocycles. The molecule has 0 saturated carbocycles. The number of para-hydroxylation sites is 1. The number of anilines is 2. The minimum absolute atomic E-state index is 0.0478. The van der Waals surface area contributed by atoms with Crippen LogP contribution in [-0.2, 0) is 0 Å². The molecule has 0 aliphatic rings. The van der Waals surface area contributed by atoms with Crippen molar-refractivity contribution in [2.24, 2.45) is 0 Å². The van der Waals surface area contributed by atoms with Crippen molar-refractivity contribution in [3.05, 3.63) is 35.9 Å². The lowest BCUT2D eigenvalue weighted by Crippen LogP contribution is -2.10. The first-order valence-electron chi connectivity index (χ1n) is 5.15. The molecule has 1 atom stereocenters. The van der Waals surface area contributed by atoms with Crippen molar-refractivity contribution in [1.29, 1.82) is 0 Å². The van der Waals surface area contributed by atoms with Crippen molar-refractivity contribution in [3.63, 3.8) is 0 Å². The fraction of sp³-hybridized carbons (Fsp3) is 0.273. The number of nitrogen functional groups attached to an aromatic ring is 1. The van der Waals surface area contributed by atoms with Crippen LogP contribution in [0.3, 0.4) is 0 Å². The predicted molar refractivity (Wildman–Crippen MR) is 64.0 cm³/mol. The normalized spacial score (nSPS) is 12.4. The van der Waals surface area contributed by atoms with Crippen molar-refractivity contribution < 1.29 is 0 Å². The molecule has 5 nitrogen and oxygen atoms in total. The average Bonchev–Trinajstić information content (AvgIpc) is 2.78. The Bertz CT molecular complexity index is 463. The standard InChI is InChI=1S/C11H15N5/c1-7-4-3-5-9(10(7)12)15-8(2)11-13-6-14-16-11/h3-6,8,15H,12H2,1-2H3,(H,13,14,16). The molecule has 84 valence electrons. The number of nitrogens with two attached hydrogens (primary N) is 1. The first-order chi connectivity index (χ1) is 7.68. The predicted octanol–water partition coefficient (Wildman–Crippen LogP) is 1.87. The number of aromatic amines is 1. The van der Waals surface area contributed by atoms with Crippen molar-refractivity contribution in [2.45, 2.75) is 19.9 Å². The van der Waals surface area contributed by atoms with Gasteiger partial charge in [0.2, 0.25) is 0 Å². The Kier molecular flexibility index (Phi) is 2.76. The highest BCUT2D eigenvalue weighted by Gasteiger charge is 2.09. The van der Waals surface area contributed by atoms with Crippen LogP contribution in [0.15, 0.2) is 24.5 Å². The quantitative estimate of drug-likeness (QED) is 0.686. The Morgan fingerprint density at radius 1 is 1.44 bits per heavy atom. The van der Waals surface area contributed by atoms with Gasteiger partial charge < -0.3 is 11.1 Å². The van der Waals surface area contributed by atoms with Gasteiger partial charge in [-0.15, -0.1) is 0 Å². The second-order valence-corrected chi connectivity index (χ2v) is 3.77. The second-order valence-electron chi connectivity index (χ2n) is 3.77. The van der Waals surface area contributed by atoms with E-state index in [1.54, 1.807) is 0 Å². The fourth-order valence-corrected chi connectivity index (χ4v) is 1.53. The van der Waals surface area contributed by atoms with Crippen molar-refractivity contribution in [2.75, 3.05) is 11.1 Å². The van der Waals surface area contributed by atoms with E-state index >= 15 is 0 Å². The Hall–Kier alpha value is -2.04. The Balaban J connectivity index is 2.18. The maximum atomic E-state index is 5.98. The molecule has 0 fully saturated rings. The average molecular weight is 217 g/mol. The molecule has 0 radical (unpaired) electrons. The van der Waals surface area contributed by atoms with E-state index in [2.05, 4.69) is 20.5 Å². The summed E-state index contributed by atoms with van der Waals surface area (Å²) in [7, 11) is 0. The summed E-state index contributed by atoms with van der Waals surface area (Å²) in [5.74, 6) is 0.793. The molecule has 2 aromatic rings. The number of aryl methyl sites for hydroxylation is 1. The number of nitrogens with zero attached hydrogens (tertiary/aromatic N) is 2. The Morgan fingerprint density at radius 3 is 2.94 bits per heavy atom. The molecule has 0 amide bonds. The summed E-state index contributed by atoms with van der Waals surface area (Å²) >= 11 is 0. The van der Waals surface area contributed by atoms with E-state index in [0.717, 1.165) is 22.8 Å². The highest BCUT2D eigenvalue weighted by atomic mass is 15.2. The summed E-state index contributed by atoms with van der Waals surface area (Å²) in [5.41, 5.74) is 8.73. The molecule has 0 bridgehead atoms. The van der Waals surface area contributed by atoms with Gasteiger partial charge in [-0.1, -0.05) is 12.1 Å². The van der Waals surface area contributed by atoms with Crippen LogP contribution < -0.4 is 11.1 Å². The maximum absolute atomic E-state index is 5.98. The summed E-state index contributed by atoms with van der Waals surface area (Å²) in [6.45, 7) is 3.99. The number of H-pyrrole nitrogens is 1. The molecule has 4 N–H and O–H groups in total. The lowest BCUT2D eigenvalue weighted by molar-refractivity contribution is 0.796. The van der Waals surface area contributed by atoms with Gasteiger partial charge >= 0.3 is 0 Å². The van der Waals surface area contributed by atoms with Crippen LogP contribution in [-0.4, -0.2) is 15.2 Å². The molecule has 2 rings (SSSR count). The SMILES string of the molecule is Cc1cccc(NC(C)c2ncn[nH]2)c1N. The third-order valence-electron chi connectivity index (χ3n) is 2.54. The molecule has 1 aromatic heterocycles. The highest BCUT2D eigenvalue weighted by Crippen LogP contribution is 2.25. The zero-order chi connectivity index (χ0) is 11.5. The minimum Gasteiger partial charge on any atom is -0.397 e. The molecule has 0 saturated heterocycles. The van der Waals surface area contributed by atoms with E-state index in [1.165, 1.54) is 6.33 Å². The lowest BCUT2D eigenvalue weighted by atomic mass is 10.1. The smallest absolute Gasteiger partial charge is 0.146 e. The van der Waals surface area contributed by atoms with E-state index in [-0.39, 0.29) is 6.04 Å². The van der Waals surface area contributed by atoms with Crippen LogP contribution in [0, 0.1) is 6.92 Å². The van der Waals surface area contributed by atoms with Crippen LogP contribution in [0.5, 0.6) is 0 Å². The van der Waals surface area contributed by atoms with E-state index < -0.39 is 0 Å². The number of rotatable bonds is 3. The first-order valence-corrected chi connectivity index (χ1v) is 5.15. The van der Waals surface area contributed by atoms with Gasteiger partial charge in [0.1, 0.15) is 12.2 Å². The van der Waals surface area contributed by atoms with Gasteiger partial charge in [-0.05, 0) is 25.5 Å². The maximum Gasteiger partial charge on any atom is 0.146 e. The molecular formula is C11H15N5. The highest BCUT2D eigenvalue weighted by molar-refractivity contribution is 5.69. The largest absolute Gasteiger partial charge is 0.397 e. The minimum atomic E-state index is 0.0478. The fourth-order valence-electron chi connectivity index (χ4n) is 1.53. The zero-order valence-electron chi connectivity index (χ0n) is 9.36. The molecule has 5 heteroatoms. The Labute approximate surface area is 94.1 Å². The van der Waals surface area contributed by atoms with E-state index in [4.69, 9.17) is 5.73 Å². The van der Waals surface area contributed by atoms with Crippen LogP contribution in [0.2, 0.25) is 0 Å². The van der Waals surface area contributed by atoms with E-state index in [0.29, 0.717) is 0 Å². The number of nitrogens with one attached hydrogen (secondary N) is 2. The first kappa shape index (κ1) is 10.5. The van der Waals surface area contributed by atoms with Crippen LogP contribution in [0.25, 0.3) is 0 Å². The monoisotopic (exact) mass is 217 g/mol. The van der Waals surface area contributed by atoms with Gasteiger partial charge in [-0.25, -0.2) is 4.98 Å². The summed E-state index contributed by atoms with van der Waals surface area (Å²) < 4.78 is 0. The van der Waals surface area contributed by atoms with Gasteiger partial charge in [0.05, 0.1) is 17.4 Å². The van der Waals surface area contributed by atoms with Crippen LogP contribution in [0.1, 0.15) is 24.4 Å². The van der Waals surface area contributed by atoms with E-state index in [9.17, 15) is 0 Å².